The van der Waals surface area contributed by atoms with Crippen LogP contribution in [0.3, 0.4) is 0 Å². The average Bonchev–Trinajstić information content (AvgIpc) is 2.38. The minimum absolute atomic E-state index is 0.0250. The molecule has 0 fully saturated rings. The number of nitrogens with one attached hydrogen (secondary N) is 3. The van der Waals surface area contributed by atoms with Crippen molar-refractivity contribution in [3.8, 4) is 0 Å². The third kappa shape index (κ3) is 3.71. The lowest BCUT2D eigenvalue weighted by molar-refractivity contribution is -0.116. The smallest absolute Gasteiger partial charge is 0.319 e. The third-order valence-corrected chi connectivity index (χ3v) is 3.08. The van der Waals surface area contributed by atoms with E-state index in [9.17, 15) is 9.59 Å². The Morgan fingerprint density at radius 3 is 3.00 bits per heavy atom. The van der Waals surface area contributed by atoms with Gasteiger partial charge in [-0.25, -0.2) is 4.79 Å². The number of hydrogen-bond donors (Lipinski definition) is 3. The van der Waals surface area contributed by atoms with Crippen LogP contribution in [0.2, 0.25) is 0 Å². The molecule has 0 bridgehead atoms. The Morgan fingerprint density at radius 2 is 2.21 bits per heavy atom. The maximum atomic E-state index is 11.6. The summed E-state index contributed by atoms with van der Waals surface area (Å²) in [6, 6.07) is 5.38. The zero-order valence-electron chi connectivity index (χ0n) is 11.1. The summed E-state index contributed by atoms with van der Waals surface area (Å²) in [5.74, 6) is 0.0250. The first kappa shape index (κ1) is 13.4. The molecule has 19 heavy (non-hydrogen) atoms. The molecule has 1 heterocycles. The fourth-order valence-corrected chi connectivity index (χ4v) is 2.00. The molecule has 1 aromatic carbocycles. The molecular formula is C14H19N3O2. The Balaban J connectivity index is 1.96. The molecule has 1 aliphatic rings. The summed E-state index contributed by atoms with van der Waals surface area (Å²) in [6.45, 7) is 2.75. The molecule has 1 aliphatic heterocycles. The molecule has 1 aromatic rings. The van der Waals surface area contributed by atoms with Gasteiger partial charge in [-0.2, -0.15) is 0 Å². The van der Waals surface area contributed by atoms with E-state index in [2.05, 4.69) is 22.9 Å². The van der Waals surface area contributed by atoms with E-state index in [4.69, 9.17) is 0 Å². The average molecular weight is 261 g/mol. The molecular weight excluding hydrogens is 242 g/mol. The van der Waals surface area contributed by atoms with Gasteiger partial charge in [0.1, 0.15) is 0 Å². The normalized spacial score (nSPS) is 13.4. The molecule has 0 spiro atoms. The monoisotopic (exact) mass is 261 g/mol. The van der Waals surface area contributed by atoms with Gasteiger partial charge in [-0.15, -0.1) is 0 Å². The molecule has 0 aromatic heterocycles. The van der Waals surface area contributed by atoms with E-state index in [1.54, 1.807) is 6.07 Å². The van der Waals surface area contributed by atoms with Gasteiger partial charge in [0.25, 0.3) is 0 Å². The van der Waals surface area contributed by atoms with Gasteiger partial charge in [0.15, 0.2) is 0 Å². The highest BCUT2D eigenvalue weighted by atomic mass is 16.2. The summed E-state index contributed by atoms with van der Waals surface area (Å²) in [4.78, 5) is 22.9. The number of anilines is 2. The summed E-state index contributed by atoms with van der Waals surface area (Å²) in [5.41, 5.74) is 2.59. The second-order valence-electron chi connectivity index (χ2n) is 4.65. The lowest BCUT2D eigenvalue weighted by Crippen LogP contribution is -2.29. The Labute approximate surface area is 112 Å². The van der Waals surface area contributed by atoms with Gasteiger partial charge in [0.2, 0.25) is 5.91 Å². The maximum Gasteiger partial charge on any atom is 0.319 e. The van der Waals surface area contributed by atoms with Crippen molar-refractivity contribution in [2.75, 3.05) is 17.2 Å². The van der Waals surface area contributed by atoms with Gasteiger partial charge in [-0.05, 0) is 30.5 Å². The molecule has 3 amide bonds. The standard InChI is InChI=1S/C14H19N3O2/c1-2-3-8-15-14(19)16-11-6-4-10-5-7-13(18)17-12(10)9-11/h4,6,9H,2-3,5,7-8H2,1H3,(H,17,18)(H2,15,16,19). The van der Waals surface area contributed by atoms with Crippen LogP contribution in [-0.2, 0) is 11.2 Å². The number of amides is 3. The van der Waals surface area contributed by atoms with Gasteiger partial charge >= 0.3 is 6.03 Å². The van der Waals surface area contributed by atoms with Gasteiger partial charge < -0.3 is 16.0 Å². The summed E-state index contributed by atoms with van der Waals surface area (Å²) < 4.78 is 0. The van der Waals surface area contributed by atoms with Crippen LogP contribution in [-0.4, -0.2) is 18.5 Å². The molecule has 0 atom stereocenters. The number of fused-ring (bicyclic) bond motifs is 1. The van der Waals surface area contributed by atoms with E-state index in [0.29, 0.717) is 18.7 Å². The highest BCUT2D eigenvalue weighted by Crippen LogP contribution is 2.25. The minimum Gasteiger partial charge on any atom is -0.338 e. The number of rotatable bonds is 4. The largest absolute Gasteiger partial charge is 0.338 e. The number of urea groups is 1. The van der Waals surface area contributed by atoms with Crippen LogP contribution >= 0.6 is 0 Å². The zero-order chi connectivity index (χ0) is 13.7. The molecule has 5 heteroatoms. The van der Waals surface area contributed by atoms with E-state index in [1.807, 2.05) is 12.1 Å². The Hall–Kier alpha value is -2.04. The van der Waals surface area contributed by atoms with E-state index in [-0.39, 0.29) is 11.9 Å². The molecule has 3 N–H and O–H groups in total. The first-order chi connectivity index (χ1) is 9.19. The number of unbranched alkanes of at least 4 members (excludes halogenated alkanes) is 1. The molecule has 102 valence electrons. The van der Waals surface area contributed by atoms with E-state index < -0.39 is 0 Å². The Bertz CT molecular complexity index is 486. The fourth-order valence-electron chi connectivity index (χ4n) is 2.00. The van der Waals surface area contributed by atoms with Crippen molar-refractivity contribution in [2.45, 2.75) is 32.6 Å². The van der Waals surface area contributed by atoms with Gasteiger partial charge in [-0.1, -0.05) is 19.4 Å². The van der Waals surface area contributed by atoms with Crippen LogP contribution in [0.25, 0.3) is 0 Å². The molecule has 5 nitrogen and oxygen atoms in total. The molecule has 2 rings (SSSR count). The number of carbonyl (C=O) groups is 2. The number of hydrogen-bond acceptors (Lipinski definition) is 2. The van der Waals surface area contributed by atoms with E-state index >= 15 is 0 Å². The number of carbonyl (C=O) groups excluding carboxylic acids is 2. The fraction of sp³-hybridized carbons (Fsp3) is 0.429. The topological polar surface area (TPSA) is 70.2 Å². The quantitative estimate of drug-likeness (QED) is 0.729. The van der Waals surface area contributed by atoms with Crippen LogP contribution < -0.4 is 16.0 Å². The zero-order valence-corrected chi connectivity index (χ0v) is 11.1. The second kappa shape index (κ2) is 6.22. The summed E-state index contributed by atoms with van der Waals surface area (Å²) >= 11 is 0. The van der Waals surface area contributed by atoms with E-state index in [1.165, 1.54) is 0 Å². The van der Waals surface area contributed by atoms with Gasteiger partial charge in [-0.3, -0.25) is 4.79 Å². The van der Waals surface area contributed by atoms with Crippen molar-refractivity contribution < 1.29 is 9.59 Å². The van der Waals surface area contributed by atoms with Crippen molar-refractivity contribution in [1.82, 2.24) is 5.32 Å². The third-order valence-electron chi connectivity index (χ3n) is 3.08. The predicted molar refractivity (Wildman–Crippen MR) is 75.3 cm³/mol. The maximum absolute atomic E-state index is 11.6. The van der Waals surface area contributed by atoms with Gasteiger partial charge in [0, 0.05) is 24.3 Å². The summed E-state index contributed by atoms with van der Waals surface area (Å²) in [6.07, 6.45) is 3.29. The van der Waals surface area contributed by atoms with Crippen molar-refractivity contribution in [1.29, 1.82) is 0 Å². The second-order valence-corrected chi connectivity index (χ2v) is 4.65. The summed E-state index contributed by atoms with van der Waals surface area (Å²) in [7, 11) is 0. The van der Waals surface area contributed by atoms with Crippen LogP contribution in [0.5, 0.6) is 0 Å². The number of aryl methyl sites for hydroxylation is 1. The highest BCUT2D eigenvalue weighted by Gasteiger charge is 2.15. The molecule has 0 aliphatic carbocycles. The van der Waals surface area contributed by atoms with Crippen molar-refractivity contribution in [2.24, 2.45) is 0 Å². The van der Waals surface area contributed by atoms with Crippen LogP contribution in [0, 0.1) is 0 Å². The Morgan fingerprint density at radius 1 is 1.37 bits per heavy atom. The number of benzene rings is 1. The predicted octanol–water partition coefficient (Wildman–Crippen LogP) is 2.49. The molecule has 0 unspecified atom stereocenters. The first-order valence-electron chi connectivity index (χ1n) is 6.66. The van der Waals surface area contributed by atoms with E-state index in [0.717, 1.165) is 30.5 Å². The van der Waals surface area contributed by atoms with Crippen molar-refractivity contribution in [3.63, 3.8) is 0 Å². The van der Waals surface area contributed by atoms with Crippen LogP contribution in [0.1, 0.15) is 31.7 Å². The highest BCUT2D eigenvalue weighted by molar-refractivity contribution is 5.96. The minimum atomic E-state index is -0.212. The lowest BCUT2D eigenvalue weighted by Gasteiger charge is -2.17. The van der Waals surface area contributed by atoms with Gasteiger partial charge in [0.05, 0.1) is 0 Å². The van der Waals surface area contributed by atoms with Crippen molar-refractivity contribution in [3.05, 3.63) is 23.8 Å². The van der Waals surface area contributed by atoms with Crippen LogP contribution in [0.15, 0.2) is 18.2 Å². The van der Waals surface area contributed by atoms with Crippen LogP contribution in [0.4, 0.5) is 16.2 Å². The summed E-state index contributed by atoms with van der Waals surface area (Å²) in [5, 5.41) is 8.36. The van der Waals surface area contributed by atoms with Crippen molar-refractivity contribution >= 4 is 23.3 Å². The first-order valence-corrected chi connectivity index (χ1v) is 6.66. The molecule has 0 saturated heterocycles. The molecule has 0 saturated carbocycles. The Kier molecular flexibility index (Phi) is 4.39. The SMILES string of the molecule is CCCCNC(=O)Nc1ccc2c(c1)NC(=O)CC2. The molecule has 0 radical (unpaired) electrons. The lowest BCUT2D eigenvalue weighted by atomic mass is 10.0.